The number of likely N-dealkylation sites (N-methyl/N-ethyl adjacent to an activating group) is 1. The van der Waals surface area contributed by atoms with Gasteiger partial charge in [0.1, 0.15) is 5.54 Å². The van der Waals surface area contributed by atoms with Gasteiger partial charge in [0.25, 0.3) is 0 Å². The van der Waals surface area contributed by atoms with Crippen LogP contribution in [-0.2, 0) is 4.79 Å². The molecule has 1 aliphatic heterocycles. The zero-order valence-electron chi connectivity index (χ0n) is 12.1. The number of rotatable bonds is 7. The molecule has 1 heterocycles. The smallest absolute Gasteiger partial charge is 0.324 e. The van der Waals surface area contributed by atoms with Gasteiger partial charge in [0.15, 0.2) is 0 Å². The zero-order chi connectivity index (χ0) is 13.8. The van der Waals surface area contributed by atoms with Crippen LogP contribution < -0.4 is 5.32 Å². The van der Waals surface area contributed by atoms with Crippen molar-refractivity contribution in [2.45, 2.75) is 38.3 Å². The molecule has 2 atom stereocenters. The standard InChI is InChI=1S/C13H27N3O2/c1-5-7-14-13(2,12(17)18)10-16-8-6-11(9-16)15(3)4/h11,14H,5-10H2,1-4H3,(H,17,18). The highest BCUT2D eigenvalue weighted by Gasteiger charge is 2.36. The van der Waals surface area contributed by atoms with E-state index < -0.39 is 11.5 Å². The number of aliphatic carboxylic acids is 1. The molecule has 2 unspecified atom stereocenters. The van der Waals surface area contributed by atoms with Crippen molar-refractivity contribution in [1.82, 2.24) is 15.1 Å². The highest BCUT2D eigenvalue weighted by molar-refractivity contribution is 5.78. The van der Waals surface area contributed by atoms with Crippen LogP contribution in [0, 0.1) is 0 Å². The molecule has 0 spiro atoms. The third-order valence-corrected chi connectivity index (χ3v) is 3.75. The number of nitrogens with zero attached hydrogens (tertiary/aromatic N) is 2. The quantitative estimate of drug-likeness (QED) is 0.694. The topological polar surface area (TPSA) is 55.8 Å². The van der Waals surface area contributed by atoms with E-state index in [0.717, 1.165) is 32.5 Å². The van der Waals surface area contributed by atoms with Crippen LogP contribution in [0.4, 0.5) is 0 Å². The van der Waals surface area contributed by atoms with Crippen LogP contribution in [0.15, 0.2) is 0 Å². The van der Waals surface area contributed by atoms with Gasteiger partial charge in [-0.2, -0.15) is 0 Å². The van der Waals surface area contributed by atoms with Gasteiger partial charge in [-0.3, -0.25) is 9.69 Å². The van der Waals surface area contributed by atoms with E-state index in [1.165, 1.54) is 0 Å². The molecule has 0 amide bonds. The molecule has 1 fully saturated rings. The lowest BCUT2D eigenvalue weighted by atomic mass is 10.0. The number of likely N-dealkylation sites (tertiary alicyclic amines) is 1. The molecule has 106 valence electrons. The molecule has 0 aliphatic carbocycles. The van der Waals surface area contributed by atoms with E-state index >= 15 is 0 Å². The summed E-state index contributed by atoms with van der Waals surface area (Å²) in [5.74, 6) is -0.760. The van der Waals surface area contributed by atoms with Crippen LogP contribution in [0.25, 0.3) is 0 Å². The third kappa shape index (κ3) is 3.93. The first kappa shape index (κ1) is 15.4. The minimum absolute atomic E-state index is 0.550. The van der Waals surface area contributed by atoms with E-state index in [-0.39, 0.29) is 0 Å². The van der Waals surface area contributed by atoms with Crippen LogP contribution in [0.1, 0.15) is 26.7 Å². The van der Waals surface area contributed by atoms with E-state index in [9.17, 15) is 9.90 Å². The summed E-state index contributed by atoms with van der Waals surface area (Å²) in [5, 5.41) is 12.6. The lowest BCUT2D eigenvalue weighted by Gasteiger charge is -2.31. The lowest BCUT2D eigenvalue weighted by molar-refractivity contribution is -0.144. The van der Waals surface area contributed by atoms with Gasteiger partial charge in [0.05, 0.1) is 0 Å². The Labute approximate surface area is 110 Å². The number of hydrogen-bond acceptors (Lipinski definition) is 4. The van der Waals surface area contributed by atoms with Crippen LogP contribution >= 0.6 is 0 Å². The molecule has 0 aromatic carbocycles. The van der Waals surface area contributed by atoms with Gasteiger partial charge in [0, 0.05) is 19.1 Å². The second-order valence-electron chi connectivity index (χ2n) is 5.71. The van der Waals surface area contributed by atoms with Crippen molar-refractivity contribution in [3.05, 3.63) is 0 Å². The average molecular weight is 257 g/mol. The molecule has 1 aliphatic rings. The first-order valence-corrected chi connectivity index (χ1v) is 6.76. The number of carboxylic acid groups (broad SMARTS) is 1. The summed E-state index contributed by atoms with van der Waals surface area (Å²) in [4.78, 5) is 15.9. The highest BCUT2D eigenvalue weighted by atomic mass is 16.4. The average Bonchev–Trinajstić information content (AvgIpc) is 2.74. The number of hydrogen-bond donors (Lipinski definition) is 2. The molecular weight excluding hydrogens is 230 g/mol. The van der Waals surface area contributed by atoms with Crippen molar-refractivity contribution in [3.8, 4) is 0 Å². The second-order valence-corrected chi connectivity index (χ2v) is 5.71. The molecule has 5 nitrogen and oxygen atoms in total. The van der Waals surface area contributed by atoms with Gasteiger partial charge >= 0.3 is 5.97 Å². The Morgan fingerprint density at radius 3 is 2.67 bits per heavy atom. The predicted molar refractivity (Wildman–Crippen MR) is 72.9 cm³/mol. The van der Waals surface area contributed by atoms with Crippen molar-refractivity contribution in [2.75, 3.05) is 40.3 Å². The number of nitrogens with one attached hydrogen (secondary N) is 1. The van der Waals surface area contributed by atoms with Gasteiger partial charge in [0.2, 0.25) is 0 Å². The summed E-state index contributed by atoms with van der Waals surface area (Å²) in [7, 11) is 4.17. The minimum atomic E-state index is -0.836. The molecule has 5 heteroatoms. The van der Waals surface area contributed by atoms with Gasteiger partial charge in [-0.15, -0.1) is 0 Å². The molecule has 0 saturated carbocycles. The minimum Gasteiger partial charge on any atom is -0.480 e. The molecule has 1 saturated heterocycles. The Bertz CT molecular complexity index is 283. The summed E-state index contributed by atoms with van der Waals surface area (Å²) < 4.78 is 0. The lowest BCUT2D eigenvalue weighted by Crippen LogP contribution is -2.57. The van der Waals surface area contributed by atoms with Crippen molar-refractivity contribution in [3.63, 3.8) is 0 Å². The molecule has 18 heavy (non-hydrogen) atoms. The summed E-state index contributed by atoms with van der Waals surface area (Å²) in [5.41, 5.74) is -0.836. The van der Waals surface area contributed by atoms with Crippen molar-refractivity contribution in [1.29, 1.82) is 0 Å². The first-order valence-electron chi connectivity index (χ1n) is 6.76. The molecule has 0 aromatic rings. The van der Waals surface area contributed by atoms with Gasteiger partial charge in [-0.05, 0) is 47.0 Å². The number of carboxylic acids is 1. The SMILES string of the molecule is CCCNC(C)(CN1CCC(N(C)C)C1)C(=O)O. The Kier molecular flexibility index (Phi) is 5.56. The van der Waals surface area contributed by atoms with Crippen LogP contribution in [-0.4, -0.2) is 72.7 Å². The van der Waals surface area contributed by atoms with Gasteiger partial charge in [-0.1, -0.05) is 6.92 Å². The largest absolute Gasteiger partial charge is 0.480 e. The Hall–Kier alpha value is -0.650. The third-order valence-electron chi connectivity index (χ3n) is 3.75. The maximum atomic E-state index is 11.4. The van der Waals surface area contributed by atoms with E-state index in [1.54, 1.807) is 6.92 Å². The Balaban J connectivity index is 2.54. The van der Waals surface area contributed by atoms with Gasteiger partial charge < -0.3 is 15.3 Å². The molecule has 0 radical (unpaired) electrons. The summed E-state index contributed by atoms with van der Waals surface area (Å²) in [6, 6.07) is 0.550. The van der Waals surface area contributed by atoms with Crippen LogP contribution in [0.2, 0.25) is 0 Å². The van der Waals surface area contributed by atoms with Crippen molar-refractivity contribution < 1.29 is 9.90 Å². The maximum absolute atomic E-state index is 11.4. The molecule has 0 bridgehead atoms. The first-order chi connectivity index (χ1) is 8.39. The van der Waals surface area contributed by atoms with Crippen molar-refractivity contribution >= 4 is 5.97 Å². The molecule has 1 rings (SSSR count). The maximum Gasteiger partial charge on any atom is 0.324 e. The van der Waals surface area contributed by atoms with E-state index in [1.807, 2.05) is 6.92 Å². The molecular formula is C13H27N3O2. The molecule has 2 N–H and O–H groups in total. The zero-order valence-corrected chi connectivity index (χ0v) is 12.1. The van der Waals surface area contributed by atoms with E-state index in [4.69, 9.17) is 0 Å². The fraction of sp³-hybridized carbons (Fsp3) is 0.923. The Morgan fingerprint density at radius 2 is 2.22 bits per heavy atom. The van der Waals surface area contributed by atoms with Crippen molar-refractivity contribution in [2.24, 2.45) is 0 Å². The highest BCUT2D eigenvalue weighted by Crippen LogP contribution is 2.17. The predicted octanol–water partition coefficient (Wildman–Crippen LogP) is 0.465. The van der Waals surface area contributed by atoms with Crippen LogP contribution in [0.5, 0.6) is 0 Å². The fourth-order valence-electron chi connectivity index (χ4n) is 2.42. The second kappa shape index (κ2) is 6.50. The van der Waals surface area contributed by atoms with Crippen LogP contribution in [0.3, 0.4) is 0 Å². The van der Waals surface area contributed by atoms with E-state index in [2.05, 4.69) is 29.2 Å². The molecule has 0 aromatic heterocycles. The monoisotopic (exact) mass is 257 g/mol. The van der Waals surface area contributed by atoms with Gasteiger partial charge in [-0.25, -0.2) is 0 Å². The number of carbonyl (C=O) groups is 1. The normalized spacial score (nSPS) is 24.4. The summed E-state index contributed by atoms with van der Waals surface area (Å²) in [6.45, 7) is 7.10. The summed E-state index contributed by atoms with van der Waals surface area (Å²) in [6.07, 6.45) is 2.07. The fourth-order valence-corrected chi connectivity index (χ4v) is 2.42. The van der Waals surface area contributed by atoms with E-state index in [0.29, 0.717) is 12.6 Å². The summed E-state index contributed by atoms with van der Waals surface area (Å²) >= 11 is 0. The Morgan fingerprint density at radius 1 is 1.56 bits per heavy atom.